The van der Waals surface area contributed by atoms with Gasteiger partial charge in [0.05, 0.1) is 0 Å². The van der Waals surface area contributed by atoms with Crippen LogP contribution in [0, 0.1) is 3.57 Å². The highest BCUT2D eigenvalue weighted by molar-refractivity contribution is 14.1. The van der Waals surface area contributed by atoms with E-state index in [0.29, 0.717) is 6.61 Å². The van der Waals surface area contributed by atoms with Crippen LogP contribution in [-0.2, 0) is 19.4 Å². The molecule has 2 heteroatoms. The number of halogens is 1. The summed E-state index contributed by atoms with van der Waals surface area (Å²) in [5.41, 5.74) is 4.31. The molecule has 0 saturated heterocycles. The summed E-state index contributed by atoms with van der Waals surface area (Å²) < 4.78 is 7.04. The van der Waals surface area contributed by atoms with Gasteiger partial charge in [-0.25, -0.2) is 0 Å². The average Bonchev–Trinajstić information content (AvgIpc) is 2.84. The summed E-state index contributed by atoms with van der Waals surface area (Å²) in [6, 6.07) is 14.9. The number of hydrogen-bond acceptors (Lipinski definition) is 1. The molecule has 0 aromatic heterocycles. The Morgan fingerprint density at radius 2 is 1.89 bits per heavy atom. The quantitative estimate of drug-likeness (QED) is 0.748. The summed E-state index contributed by atoms with van der Waals surface area (Å²) in [6.07, 6.45) is 3.77. The monoisotopic (exact) mass is 350 g/mol. The van der Waals surface area contributed by atoms with Crippen molar-refractivity contribution in [2.24, 2.45) is 0 Å². The van der Waals surface area contributed by atoms with Crippen molar-refractivity contribution < 1.29 is 4.74 Å². The Balaban J connectivity index is 1.70. The highest BCUT2D eigenvalue weighted by atomic mass is 127. The van der Waals surface area contributed by atoms with Gasteiger partial charge in [0, 0.05) is 3.57 Å². The summed E-state index contributed by atoms with van der Waals surface area (Å²) >= 11 is 2.30. The van der Waals surface area contributed by atoms with Crippen molar-refractivity contribution in [1.29, 1.82) is 0 Å². The average molecular weight is 350 g/mol. The fraction of sp³-hybridized carbons (Fsp3) is 0.250. The van der Waals surface area contributed by atoms with E-state index in [4.69, 9.17) is 4.74 Å². The fourth-order valence-electron chi connectivity index (χ4n) is 2.44. The minimum absolute atomic E-state index is 0.660. The van der Waals surface area contributed by atoms with Crippen LogP contribution in [0.2, 0.25) is 0 Å². The third kappa shape index (κ3) is 2.69. The molecule has 0 bridgehead atoms. The van der Waals surface area contributed by atoms with E-state index in [1.807, 2.05) is 12.1 Å². The van der Waals surface area contributed by atoms with Gasteiger partial charge in [-0.2, -0.15) is 0 Å². The molecule has 2 aromatic rings. The molecule has 18 heavy (non-hydrogen) atoms. The molecule has 0 spiro atoms. The van der Waals surface area contributed by atoms with E-state index >= 15 is 0 Å². The first kappa shape index (κ1) is 12.0. The van der Waals surface area contributed by atoms with Crippen LogP contribution in [0.4, 0.5) is 0 Å². The molecule has 0 heterocycles. The van der Waals surface area contributed by atoms with Crippen LogP contribution in [-0.4, -0.2) is 0 Å². The molecule has 0 aliphatic heterocycles. The largest absolute Gasteiger partial charge is 0.489 e. The normalized spacial score (nSPS) is 13.4. The second-order valence-corrected chi connectivity index (χ2v) is 5.95. The summed E-state index contributed by atoms with van der Waals surface area (Å²) in [5, 5.41) is 0. The Morgan fingerprint density at radius 3 is 2.78 bits per heavy atom. The first-order valence-electron chi connectivity index (χ1n) is 6.30. The SMILES string of the molecule is Ic1cccc(OCc2ccc3c(c2)CCC3)c1. The molecule has 1 aliphatic carbocycles. The van der Waals surface area contributed by atoms with Crippen LogP contribution in [0.3, 0.4) is 0 Å². The Hall–Kier alpha value is -1.03. The molecule has 3 rings (SSSR count). The predicted octanol–water partition coefficient (Wildman–Crippen LogP) is 4.36. The molecule has 0 fully saturated rings. The molecule has 0 radical (unpaired) electrons. The lowest BCUT2D eigenvalue weighted by Gasteiger charge is -2.08. The van der Waals surface area contributed by atoms with Crippen LogP contribution in [0.5, 0.6) is 5.75 Å². The van der Waals surface area contributed by atoms with Gasteiger partial charge in [0.15, 0.2) is 0 Å². The van der Waals surface area contributed by atoms with Gasteiger partial charge < -0.3 is 4.74 Å². The van der Waals surface area contributed by atoms with E-state index in [9.17, 15) is 0 Å². The van der Waals surface area contributed by atoms with E-state index < -0.39 is 0 Å². The van der Waals surface area contributed by atoms with Gasteiger partial charge in [0.1, 0.15) is 12.4 Å². The molecule has 0 saturated carbocycles. The molecular weight excluding hydrogens is 335 g/mol. The Labute approximate surface area is 121 Å². The smallest absolute Gasteiger partial charge is 0.120 e. The van der Waals surface area contributed by atoms with Crippen molar-refractivity contribution in [2.45, 2.75) is 25.9 Å². The molecule has 0 atom stereocenters. The van der Waals surface area contributed by atoms with Crippen molar-refractivity contribution in [3.63, 3.8) is 0 Å². The van der Waals surface area contributed by atoms with E-state index in [-0.39, 0.29) is 0 Å². The first-order chi connectivity index (χ1) is 8.81. The maximum absolute atomic E-state index is 5.83. The van der Waals surface area contributed by atoms with Gasteiger partial charge in [-0.05, 0) is 76.7 Å². The Bertz CT molecular complexity index is 563. The van der Waals surface area contributed by atoms with Gasteiger partial charge in [0.2, 0.25) is 0 Å². The predicted molar refractivity (Wildman–Crippen MR) is 82.0 cm³/mol. The zero-order valence-electron chi connectivity index (χ0n) is 10.2. The second kappa shape index (κ2) is 5.31. The van der Waals surface area contributed by atoms with E-state index in [0.717, 1.165) is 5.75 Å². The Kier molecular flexibility index (Phi) is 3.55. The molecule has 92 valence electrons. The van der Waals surface area contributed by atoms with Crippen LogP contribution in [0.15, 0.2) is 42.5 Å². The second-order valence-electron chi connectivity index (χ2n) is 4.70. The lowest BCUT2D eigenvalue weighted by Crippen LogP contribution is -1.97. The zero-order valence-corrected chi connectivity index (χ0v) is 12.3. The Morgan fingerprint density at radius 1 is 1.00 bits per heavy atom. The maximum atomic E-state index is 5.83. The van der Waals surface area contributed by atoms with Crippen LogP contribution in [0.25, 0.3) is 0 Å². The highest BCUT2D eigenvalue weighted by Crippen LogP contribution is 2.23. The van der Waals surface area contributed by atoms with Crippen molar-refractivity contribution in [2.75, 3.05) is 0 Å². The molecule has 2 aromatic carbocycles. The molecule has 0 amide bonds. The lowest BCUT2D eigenvalue weighted by atomic mass is 10.1. The van der Waals surface area contributed by atoms with E-state index in [1.54, 1.807) is 0 Å². The topological polar surface area (TPSA) is 9.23 Å². The minimum Gasteiger partial charge on any atom is -0.489 e. The third-order valence-electron chi connectivity index (χ3n) is 3.36. The number of rotatable bonds is 3. The number of benzene rings is 2. The maximum Gasteiger partial charge on any atom is 0.120 e. The summed E-state index contributed by atoms with van der Waals surface area (Å²) in [5.74, 6) is 0.947. The standard InChI is InChI=1S/C16H15IO/c17-15-5-2-6-16(10-15)18-11-12-7-8-13-3-1-4-14(13)9-12/h2,5-10H,1,3-4,11H2. The summed E-state index contributed by atoms with van der Waals surface area (Å²) in [6.45, 7) is 0.660. The van der Waals surface area contributed by atoms with Crippen LogP contribution < -0.4 is 4.74 Å². The molecular formula is C16H15IO. The van der Waals surface area contributed by atoms with Crippen molar-refractivity contribution in [1.82, 2.24) is 0 Å². The fourth-order valence-corrected chi connectivity index (χ4v) is 2.95. The minimum atomic E-state index is 0.660. The number of fused-ring (bicyclic) bond motifs is 1. The van der Waals surface area contributed by atoms with Crippen LogP contribution in [0.1, 0.15) is 23.1 Å². The highest BCUT2D eigenvalue weighted by Gasteiger charge is 2.10. The molecule has 0 unspecified atom stereocenters. The van der Waals surface area contributed by atoms with Gasteiger partial charge in [-0.3, -0.25) is 0 Å². The number of hydrogen-bond donors (Lipinski definition) is 0. The molecule has 1 nitrogen and oxygen atoms in total. The zero-order chi connectivity index (χ0) is 12.4. The van der Waals surface area contributed by atoms with E-state index in [1.165, 1.54) is 39.5 Å². The van der Waals surface area contributed by atoms with Gasteiger partial charge in [-0.15, -0.1) is 0 Å². The number of ether oxygens (including phenoxy) is 1. The molecule has 0 N–H and O–H groups in total. The van der Waals surface area contributed by atoms with Gasteiger partial charge in [-0.1, -0.05) is 24.3 Å². The number of aryl methyl sites for hydroxylation is 2. The first-order valence-corrected chi connectivity index (χ1v) is 7.38. The van der Waals surface area contributed by atoms with Crippen molar-refractivity contribution in [3.05, 3.63) is 62.7 Å². The third-order valence-corrected chi connectivity index (χ3v) is 4.04. The summed E-state index contributed by atoms with van der Waals surface area (Å²) in [7, 11) is 0. The lowest BCUT2D eigenvalue weighted by molar-refractivity contribution is 0.306. The van der Waals surface area contributed by atoms with Crippen LogP contribution >= 0.6 is 22.6 Å². The molecule has 1 aliphatic rings. The van der Waals surface area contributed by atoms with Crippen molar-refractivity contribution >= 4 is 22.6 Å². The van der Waals surface area contributed by atoms with E-state index in [2.05, 4.69) is 52.9 Å². The summed E-state index contributed by atoms with van der Waals surface area (Å²) in [4.78, 5) is 0. The van der Waals surface area contributed by atoms with Crippen molar-refractivity contribution in [3.8, 4) is 5.75 Å². The van der Waals surface area contributed by atoms with Gasteiger partial charge in [0.25, 0.3) is 0 Å². The van der Waals surface area contributed by atoms with Gasteiger partial charge >= 0.3 is 0 Å².